The molecule has 0 atom stereocenters. The summed E-state index contributed by atoms with van der Waals surface area (Å²) in [5.74, 6) is 1.41. The molecule has 4 rings (SSSR count). The number of methoxy groups -OCH3 is 1. The van der Waals surface area contributed by atoms with Crippen LogP contribution in [-0.4, -0.2) is 26.2 Å². The largest absolute Gasteiger partial charge is 0.497 e. The Morgan fingerprint density at radius 2 is 1.83 bits per heavy atom. The Morgan fingerprint density at radius 3 is 2.51 bits per heavy atom. The Hall–Kier alpha value is -3.99. The third-order valence-electron chi connectivity index (χ3n) is 6.06. The van der Waals surface area contributed by atoms with Crippen LogP contribution in [0.1, 0.15) is 30.5 Å². The molecular weight excluding hydrogens is 438 g/mol. The summed E-state index contributed by atoms with van der Waals surface area (Å²) in [6.07, 6.45) is 4.20. The van der Waals surface area contributed by atoms with Crippen molar-refractivity contribution in [3.05, 3.63) is 89.7 Å². The van der Waals surface area contributed by atoms with Crippen molar-refractivity contribution >= 4 is 22.4 Å². The third-order valence-corrected chi connectivity index (χ3v) is 6.06. The van der Waals surface area contributed by atoms with Crippen LogP contribution in [0.3, 0.4) is 0 Å². The van der Waals surface area contributed by atoms with Gasteiger partial charge in [-0.2, -0.15) is 0 Å². The second-order valence-corrected chi connectivity index (χ2v) is 8.42. The quantitative estimate of drug-likeness (QED) is 0.281. The lowest BCUT2D eigenvalue weighted by Crippen LogP contribution is -2.23. The smallest absolute Gasteiger partial charge is 0.244 e. The highest BCUT2D eigenvalue weighted by atomic mass is 16.5. The van der Waals surface area contributed by atoms with Gasteiger partial charge in [0.05, 0.1) is 20.0 Å². The molecule has 5 heteroatoms. The van der Waals surface area contributed by atoms with Crippen LogP contribution in [-0.2, 0) is 11.2 Å². The van der Waals surface area contributed by atoms with Gasteiger partial charge in [-0.3, -0.25) is 4.79 Å². The molecule has 1 N–H and O–H groups in total. The third kappa shape index (κ3) is 5.40. The summed E-state index contributed by atoms with van der Waals surface area (Å²) in [7, 11) is 1.65. The number of carbonyl (C=O) groups is 1. The summed E-state index contributed by atoms with van der Waals surface area (Å²) >= 11 is 0. The Kier molecular flexibility index (Phi) is 7.56. The van der Waals surface area contributed by atoms with Gasteiger partial charge in [-0.25, -0.2) is 0 Å². The maximum atomic E-state index is 12.7. The highest BCUT2D eigenvalue weighted by Crippen LogP contribution is 2.41. The number of aryl methyl sites for hydroxylation is 1. The number of fused-ring (bicyclic) bond motifs is 1. The second-order valence-electron chi connectivity index (χ2n) is 8.42. The van der Waals surface area contributed by atoms with E-state index in [0.717, 1.165) is 56.7 Å². The van der Waals surface area contributed by atoms with E-state index in [1.165, 1.54) is 5.56 Å². The van der Waals surface area contributed by atoms with Gasteiger partial charge in [0.2, 0.25) is 5.91 Å². The van der Waals surface area contributed by atoms with Crippen molar-refractivity contribution in [2.75, 3.05) is 20.3 Å². The molecule has 1 amide bonds. The van der Waals surface area contributed by atoms with Crippen LogP contribution in [0, 0.1) is 6.92 Å². The molecule has 4 aromatic rings. The van der Waals surface area contributed by atoms with Gasteiger partial charge in [-0.1, -0.05) is 42.5 Å². The fourth-order valence-electron chi connectivity index (χ4n) is 4.23. The maximum Gasteiger partial charge on any atom is 0.244 e. The number of benzene rings is 3. The predicted molar refractivity (Wildman–Crippen MR) is 141 cm³/mol. The number of carbonyl (C=O) groups excluding carboxylic acids is 1. The van der Waals surface area contributed by atoms with E-state index < -0.39 is 0 Å². The molecule has 0 fully saturated rings. The minimum absolute atomic E-state index is 0.124. The van der Waals surface area contributed by atoms with Gasteiger partial charge in [0.1, 0.15) is 17.1 Å². The Morgan fingerprint density at radius 1 is 1.09 bits per heavy atom. The minimum atomic E-state index is -0.124. The monoisotopic (exact) mass is 469 g/mol. The number of allylic oxidation sites excluding steroid dienone is 1. The first kappa shape index (κ1) is 24.1. The van der Waals surface area contributed by atoms with Crippen LogP contribution < -0.4 is 14.8 Å². The first-order valence-electron chi connectivity index (χ1n) is 11.8. The molecule has 0 aliphatic heterocycles. The standard InChI is InChI=1S/C30H31NO4/c1-5-34-29-21(3)30-26(27(19-35-30)23-11-13-24(33-4)14-12-23)18-25(29)20(2)17-28(32)31-16-15-22-9-7-6-8-10-22/h6-14,17-19H,5,15-16H2,1-4H3,(H,31,32)/b20-17+. The van der Waals surface area contributed by atoms with Gasteiger partial charge >= 0.3 is 0 Å². The van der Waals surface area contributed by atoms with Gasteiger partial charge in [0, 0.05) is 34.7 Å². The first-order chi connectivity index (χ1) is 17.0. The molecular formula is C30H31NO4. The summed E-state index contributed by atoms with van der Waals surface area (Å²) in [6, 6.07) is 20.1. The molecule has 1 aromatic heterocycles. The second kappa shape index (κ2) is 11.0. The molecule has 1 heterocycles. The summed E-state index contributed by atoms with van der Waals surface area (Å²) in [5.41, 5.74) is 6.61. The molecule has 0 aliphatic rings. The summed E-state index contributed by atoms with van der Waals surface area (Å²) < 4.78 is 17.3. The van der Waals surface area contributed by atoms with E-state index in [4.69, 9.17) is 13.9 Å². The van der Waals surface area contributed by atoms with Crippen molar-refractivity contribution in [1.29, 1.82) is 0 Å². The van der Waals surface area contributed by atoms with Gasteiger partial charge < -0.3 is 19.2 Å². The van der Waals surface area contributed by atoms with Crippen LogP contribution in [0.2, 0.25) is 0 Å². The summed E-state index contributed by atoms with van der Waals surface area (Å²) in [6.45, 7) is 6.97. The van der Waals surface area contributed by atoms with Crippen LogP contribution in [0.5, 0.6) is 11.5 Å². The van der Waals surface area contributed by atoms with Gasteiger partial charge in [0.25, 0.3) is 0 Å². The van der Waals surface area contributed by atoms with Crippen molar-refractivity contribution in [3.63, 3.8) is 0 Å². The van der Waals surface area contributed by atoms with E-state index in [2.05, 4.69) is 23.5 Å². The zero-order chi connectivity index (χ0) is 24.8. The highest BCUT2D eigenvalue weighted by molar-refractivity contribution is 6.01. The molecule has 0 aliphatic carbocycles. The van der Waals surface area contributed by atoms with Crippen LogP contribution in [0.15, 0.2) is 77.4 Å². The normalized spacial score (nSPS) is 11.5. The van der Waals surface area contributed by atoms with Crippen molar-refractivity contribution in [1.82, 2.24) is 5.32 Å². The van der Waals surface area contributed by atoms with Crippen LogP contribution in [0.4, 0.5) is 0 Å². The van der Waals surface area contributed by atoms with Crippen molar-refractivity contribution in [3.8, 4) is 22.6 Å². The topological polar surface area (TPSA) is 60.7 Å². The molecule has 0 bridgehead atoms. The highest BCUT2D eigenvalue weighted by Gasteiger charge is 2.19. The number of hydrogen-bond donors (Lipinski definition) is 1. The van der Waals surface area contributed by atoms with Gasteiger partial charge in [0.15, 0.2) is 0 Å². The van der Waals surface area contributed by atoms with Crippen molar-refractivity contribution in [2.45, 2.75) is 27.2 Å². The van der Waals surface area contributed by atoms with E-state index in [0.29, 0.717) is 13.2 Å². The number of ether oxygens (including phenoxy) is 2. The lowest BCUT2D eigenvalue weighted by atomic mass is 9.96. The molecule has 0 saturated heterocycles. The fraction of sp³-hybridized carbons (Fsp3) is 0.233. The van der Waals surface area contributed by atoms with Crippen LogP contribution in [0.25, 0.3) is 27.7 Å². The van der Waals surface area contributed by atoms with Crippen molar-refractivity contribution in [2.24, 2.45) is 0 Å². The lowest BCUT2D eigenvalue weighted by Gasteiger charge is -2.15. The number of rotatable bonds is 9. The minimum Gasteiger partial charge on any atom is -0.497 e. The zero-order valence-electron chi connectivity index (χ0n) is 20.7. The molecule has 0 saturated carbocycles. The van der Waals surface area contributed by atoms with Gasteiger partial charge in [-0.15, -0.1) is 0 Å². The zero-order valence-corrected chi connectivity index (χ0v) is 20.7. The van der Waals surface area contributed by atoms with Crippen molar-refractivity contribution < 1.29 is 18.7 Å². The fourth-order valence-corrected chi connectivity index (χ4v) is 4.23. The van der Waals surface area contributed by atoms with Gasteiger partial charge in [-0.05, 0) is 62.1 Å². The Labute approximate surface area is 206 Å². The molecule has 0 spiro atoms. The van der Waals surface area contributed by atoms with E-state index in [9.17, 15) is 4.79 Å². The number of amides is 1. The molecule has 0 radical (unpaired) electrons. The number of furan rings is 1. The SMILES string of the molecule is CCOc1c(/C(C)=C/C(=O)NCCc2ccccc2)cc2c(-c3ccc(OC)cc3)coc2c1C. The molecule has 5 nitrogen and oxygen atoms in total. The van der Waals surface area contributed by atoms with E-state index in [1.807, 2.05) is 63.2 Å². The average molecular weight is 470 g/mol. The number of hydrogen-bond acceptors (Lipinski definition) is 4. The lowest BCUT2D eigenvalue weighted by molar-refractivity contribution is -0.116. The molecule has 0 unspecified atom stereocenters. The summed E-state index contributed by atoms with van der Waals surface area (Å²) in [5, 5.41) is 3.97. The average Bonchev–Trinajstić information content (AvgIpc) is 3.30. The Bertz CT molecular complexity index is 1330. The molecule has 35 heavy (non-hydrogen) atoms. The maximum absolute atomic E-state index is 12.7. The molecule has 180 valence electrons. The van der Waals surface area contributed by atoms with E-state index >= 15 is 0 Å². The Balaban J connectivity index is 1.64. The number of nitrogens with one attached hydrogen (secondary N) is 1. The van der Waals surface area contributed by atoms with E-state index in [-0.39, 0.29) is 5.91 Å². The predicted octanol–water partition coefficient (Wildman–Crippen LogP) is 6.58. The summed E-state index contributed by atoms with van der Waals surface area (Å²) in [4.78, 5) is 12.7. The molecule has 3 aromatic carbocycles. The first-order valence-corrected chi connectivity index (χ1v) is 11.8. The van der Waals surface area contributed by atoms with Crippen LogP contribution >= 0.6 is 0 Å². The van der Waals surface area contributed by atoms with E-state index in [1.54, 1.807) is 19.4 Å².